The summed E-state index contributed by atoms with van der Waals surface area (Å²) >= 11 is 0. The van der Waals surface area contributed by atoms with Crippen molar-refractivity contribution >= 4 is 5.91 Å². The Bertz CT molecular complexity index is 1040. The summed E-state index contributed by atoms with van der Waals surface area (Å²) in [5, 5.41) is 4.44. The Kier molecular flexibility index (Phi) is 5.43. The molecule has 4 rings (SSSR count). The molecule has 0 N–H and O–H groups in total. The van der Waals surface area contributed by atoms with Gasteiger partial charge in [-0.1, -0.05) is 37.6 Å². The molecule has 2 aromatic heterocycles. The Balaban J connectivity index is 1.71. The van der Waals surface area contributed by atoms with E-state index in [-0.39, 0.29) is 5.91 Å². The van der Waals surface area contributed by atoms with Gasteiger partial charge >= 0.3 is 0 Å². The number of aryl methyl sites for hydroxylation is 2. The summed E-state index contributed by atoms with van der Waals surface area (Å²) in [6.07, 6.45) is 8.69. The first-order valence-corrected chi connectivity index (χ1v) is 10.3. The SMILES string of the molecule is CCCCN(C)C(=O)c1cnn(-c2ncc3c(n2)-c2ccccc2CCC3)c1C. The first kappa shape index (κ1) is 19.3. The van der Waals surface area contributed by atoms with Gasteiger partial charge in [0.15, 0.2) is 0 Å². The number of fused-ring (bicyclic) bond motifs is 3. The Morgan fingerprint density at radius 2 is 1.97 bits per heavy atom. The molecule has 0 bridgehead atoms. The Hall–Kier alpha value is -3.02. The highest BCUT2D eigenvalue weighted by Crippen LogP contribution is 2.31. The second kappa shape index (κ2) is 8.15. The quantitative estimate of drug-likeness (QED) is 0.662. The number of benzene rings is 1. The van der Waals surface area contributed by atoms with Crippen LogP contribution in [0.25, 0.3) is 17.2 Å². The van der Waals surface area contributed by atoms with Gasteiger partial charge in [0.1, 0.15) is 0 Å². The summed E-state index contributed by atoms with van der Waals surface area (Å²) in [7, 11) is 1.84. The van der Waals surface area contributed by atoms with Crippen molar-refractivity contribution in [3.05, 3.63) is 59.0 Å². The Labute approximate surface area is 171 Å². The second-order valence-electron chi connectivity index (χ2n) is 7.69. The van der Waals surface area contributed by atoms with Crippen molar-refractivity contribution in [3.8, 4) is 17.2 Å². The van der Waals surface area contributed by atoms with Crippen LogP contribution in [0.2, 0.25) is 0 Å². The highest BCUT2D eigenvalue weighted by atomic mass is 16.2. The highest BCUT2D eigenvalue weighted by Gasteiger charge is 2.21. The highest BCUT2D eigenvalue weighted by molar-refractivity contribution is 5.95. The molecule has 6 nitrogen and oxygen atoms in total. The fourth-order valence-corrected chi connectivity index (χ4v) is 3.88. The number of hydrogen-bond donors (Lipinski definition) is 0. The van der Waals surface area contributed by atoms with Crippen molar-refractivity contribution < 1.29 is 4.79 Å². The van der Waals surface area contributed by atoms with Gasteiger partial charge in [-0.2, -0.15) is 5.10 Å². The number of hydrogen-bond acceptors (Lipinski definition) is 4. The van der Waals surface area contributed by atoms with Crippen molar-refractivity contribution in [1.82, 2.24) is 24.6 Å². The van der Waals surface area contributed by atoms with E-state index in [2.05, 4.69) is 41.3 Å². The minimum Gasteiger partial charge on any atom is -0.342 e. The van der Waals surface area contributed by atoms with E-state index in [1.54, 1.807) is 15.8 Å². The van der Waals surface area contributed by atoms with Crippen LogP contribution in [0.1, 0.15) is 53.4 Å². The summed E-state index contributed by atoms with van der Waals surface area (Å²) in [5.41, 5.74) is 6.00. The first-order chi connectivity index (χ1) is 14.1. The lowest BCUT2D eigenvalue weighted by molar-refractivity contribution is 0.0792. The molecule has 0 saturated heterocycles. The molecule has 150 valence electrons. The minimum absolute atomic E-state index is 0.0118. The molecule has 0 radical (unpaired) electrons. The van der Waals surface area contributed by atoms with Gasteiger partial charge in [-0.05, 0) is 43.7 Å². The average molecular weight is 390 g/mol. The fraction of sp³-hybridized carbons (Fsp3) is 0.391. The van der Waals surface area contributed by atoms with Gasteiger partial charge in [0.25, 0.3) is 11.9 Å². The molecule has 6 heteroatoms. The Morgan fingerprint density at radius 1 is 1.17 bits per heavy atom. The zero-order chi connectivity index (χ0) is 20.4. The van der Waals surface area contributed by atoms with Crippen molar-refractivity contribution in [2.75, 3.05) is 13.6 Å². The third-order valence-electron chi connectivity index (χ3n) is 5.64. The average Bonchev–Trinajstić information content (AvgIpc) is 3.02. The van der Waals surface area contributed by atoms with Crippen LogP contribution in [0, 0.1) is 6.92 Å². The largest absolute Gasteiger partial charge is 0.342 e. The number of carbonyl (C=O) groups is 1. The van der Waals surface area contributed by atoms with Gasteiger partial charge in [-0.25, -0.2) is 14.6 Å². The van der Waals surface area contributed by atoms with Crippen LogP contribution in [0.3, 0.4) is 0 Å². The zero-order valence-electron chi connectivity index (χ0n) is 17.4. The van der Waals surface area contributed by atoms with Crippen LogP contribution in [-0.2, 0) is 12.8 Å². The van der Waals surface area contributed by atoms with Gasteiger partial charge < -0.3 is 4.90 Å². The number of unbranched alkanes of at least 4 members (excludes halogenated alkanes) is 1. The van der Waals surface area contributed by atoms with E-state index in [1.807, 2.05) is 20.2 Å². The van der Waals surface area contributed by atoms with Crippen molar-refractivity contribution in [2.45, 2.75) is 46.0 Å². The van der Waals surface area contributed by atoms with Crippen molar-refractivity contribution in [2.24, 2.45) is 0 Å². The maximum Gasteiger partial charge on any atom is 0.257 e. The summed E-state index contributed by atoms with van der Waals surface area (Å²) < 4.78 is 1.68. The molecule has 0 saturated carbocycles. The van der Waals surface area contributed by atoms with Crippen LogP contribution in [0.5, 0.6) is 0 Å². The molecule has 1 aromatic carbocycles. The van der Waals surface area contributed by atoms with E-state index >= 15 is 0 Å². The van der Waals surface area contributed by atoms with Gasteiger partial charge in [0.2, 0.25) is 0 Å². The lowest BCUT2D eigenvalue weighted by atomic mass is 10.0. The van der Waals surface area contributed by atoms with Crippen LogP contribution in [0.4, 0.5) is 0 Å². The molecule has 3 aromatic rings. The normalized spacial score (nSPS) is 12.8. The number of rotatable bonds is 5. The molecule has 1 aliphatic carbocycles. The third-order valence-corrected chi connectivity index (χ3v) is 5.64. The number of carbonyl (C=O) groups excluding carboxylic acids is 1. The van der Waals surface area contributed by atoms with Crippen molar-refractivity contribution in [1.29, 1.82) is 0 Å². The topological polar surface area (TPSA) is 63.9 Å². The monoisotopic (exact) mass is 389 g/mol. The lowest BCUT2D eigenvalue weighted by Gasteiger charge is -2.16. The van der Waals surface area contributed by atoms with Crippen LogP contribution < -0.4 is 0 Å². The molecule has 0 spiro atoms. The molecular weight excluding hydrogens is 362 g/mol. The molecule has 0 aliphatic heterocycles. The summed E-state index contributed by atoms with van der Waals surface area (Å²) in [6, 6.07) is 8.44. The van der Waals surface area contributed by atoms with Gasteiger partial charge in [-0.15, -0.1) is 0 Å². The molecule has 0 atom stereocenters. The molecule has 0 fully saturated rings. The predicted molar refractivity (Wildman–Crippen MR) is 113 cm³/mol. The molecule has 1 amide bonds. The molecule has 29 heavy (non-hydrogen) atoms. The standard InChI is InChI=1S/C23H27N5O/c1-4-5-13-27(3)22(29)20-15-25-28(16(20)2)23-24-14-18-11-8-10-17-9-6-7-12-19(17)21(18)26-23/h6-7,9,12,14-15H,4-5,8,10-11,13H2,1-3H3. The molecule has 0 unspecified atom stereocenters. The summed E-state index contributed by atoms with van der Waals surface area (Å²) in [6.45, 7) is 4.76. The number of amides is 1. The fourth-order valence-electron chi connectivity index (χ4n) is 3.88. The molecule has 2 heterocycles. The minimum atomic E-state index is -0.0118. The lowest BCUT2D eigenvalue weighted by Crippen LogP contribution is -2.28. The number of nitrogens with zero attached hydrogens (tertiary/aromatic N) is 5. The van der Waals surface area contributed by atoms with Crippen LogP contribution in [0.15, 0.2) is 36.7 Å². The van der Waals surface area contributed by atoms with Crippen LogP contribution >= 0.6 is 0 Å². The van der Waals surface area contributed by atoms with Crippen molar-refractivity contribution in [3.63, 3.8) is 0 Å². The van der Waals surface area contributed by atoms with E-state index in [9.17, 15) is 4.79 Å². The third kappa shape index (κ3) is 3.67. The van der Waals surface area contributed by atoms with Gasteiger partial charge in [-0.3, -0.25) is 4.79 Å². The Morgan fingerprint density at radius 3 is 2.79 bits per heavy atom. The number of aromatic nitrogens is 4. The summed E-state index contributed by atoms with van der Waals surface area (Å²) in [5.74, 6) is 0.496. The van der Waals surface area contributed by atoms with E-state index in [0.717, 1.165) is 50.0 Å². The van der Waals surface area contributed by atoms with E-state index in [4.69, 9.17) is 4.98 Å². The van der Waals surface area contributed by atoms with Gasteiger partial charge in [0.05, 0.1) is 23.1 Å². The van der Waals surface area contributed by atoms with E-state index in [0.29, 0.717) is 11.5 Å². The maximum atomic E-state index is 12.8. The second-order valence-corrected chi connectivity index (χ2v) is 7.69. The van der Waals surface area contributed by atoms with Crippen LogP contribution in [-0.4, -0.2) is 44.1 Å². The predicted octanol–water partition coefficient (Wildman–Crippen LogP) is 4.00. The first-order valence-electron chi connectivity index (χ1n) is 10.3. The smallest absolute Gasteiger partial charge is 0.257 e. The molecular formula is C23H27N5O. The zero-order valence-corrected chi connectivity index (χ0v) is 17.4. The van der Waals surface area contributed by atoms with E-state index < -0.39 is 0 Å². The summed E-state index contributed by atoms with van der Waals surface area (Å²) in [4.78, 5) is 24.0. The van der Waals surface area contributed by atoms with E-state index in [1.165, 1.54) is 16.7 Å². The molecule has 1 aliphatic rings. The maximum absolute atomic E-state index is 12.8. The van der Waals surface area contributed by atoms with Gasteiger partial charge in [0, 0.05) is 25.4 Å².